The van der Waals surface area contributed by atoms with Gasteiger partial charge >= 0.3 is 0 Å². The molecule has 2 atom stereocenters. The van der Waals surface area contributed by atoms with Crippen molar-refractivity contribution in [2.24, 2.45) is 0 Å². The Labute approximate surface area is 119 Å². The van der Waals surface area contributed by atoms with Gasteiger partial charge in [-0.05, 0) is 44.4 Å². The standard InChI is InChI=1S/C17H21NO2/c1-12-6-3-7-14-15(8-4-11-20-17(12)14)18-13(2)16-9-5-10-19-16/h3,5-7,9-10,13,15,18H,4,8,11H2,1-2H3/t13-,15?/m0/s1. The highest BCUT2D eigenvalue weighted by Gasteiger charge is 2.23. The van der Waals surface area contributed by atoms with E-state index in [-0.39, 0.29) is 6.04 Å². The second-order valence-electron chi connectivity index (χ2n) is 5.44. The molecule has 1 aromatic heterocycles. The van der Waals surface area contributed by atoms with Crippen molar-refractivity contribution in [3.8, 4) is 5.75 Å². The Balaban J connectivity index is 1.85. The molecule has 1 aliphatic rings. The molecule has 20 heavy (non-hydrogen) atoms. The van der Waals surface area contributed by atoms with Gasteiger partial charge in [0.2, 0.25) is 0 Å². The highest BCUT2D eigenvalue weighted by atomic mass is 16.5. The molecule has 0 spiro atoms. The minimum Gasteiger partial charge on any atom is -0.493 e. The molecule has 0 bridgehead atoms. The van der Waals surface area contributed by atoms with Gasteiger partial charge in [0.15, 0.2) is 0 Å². The smallest absolute Gasteiger partial charge is 0.126 e. The Hall–Kier alpha value is -1.74. The maximum atomic E-state index is 5.92. The number of ether oxygens (including phenoxy) is 1. The van der Waals surface area contributed by atoms with Gasteiger partial charge in [0.05, 0.1) is 18.9 Å². The fourth-order valence-electron chi connectivity index (χ4n) is 2.86. The Morgan fingerprint density at radius 3 is 2.95 bits per heavy atom. The van der Waals surface area contributed by atoms with Crippen LogP contribution in [0.1, 0.15) is 48.7 Å². The summed E-state index contributed by atoms with van der Waals surface area (Å²) in [6.45, 7) is 5.04. The fraction of sp³-hybridized carbons (Fsp3) is 0.412. The molecule has 1 unspecified atom stereocenters. The molecule has 0 fully saturated rings. The van der Waals surface area contributed by atoms with Crippen LogP contribution in [0.2, 0.25) is 0 Å². The first kappa shape index (κ1) is 13.3. The first-order valence-electron chi connectivity index (χ1n) is 7.27. The van der Waals surface area contributed by atoms with Gasteiger partial charge < -0.3 is 14.5 Å². The zero-order chi connectivity index (χ0) is 13.9. The number of fused-ring (bicyclic) bond motifs is 1. The van der Waals surface area contributed by atoms with Crippen LogP contribution >= 0.6 is 0 Å². The van der Waals surface area contributed by atoms with Crippen molar-refractivity contribution in [1.29, 1.82) is 0 Å². The van der Waals surface area contributed by atoms with Gasteiger partial charge in [-0.1, -0.05) is 18.2 Å². The van der Waals surface area contributed by atoms with Crippen molar-refractivity contribution >= 4 is 0 Å². The van der Waals surface area contributed by atoms with E-state index in [0.717, 1.165) is 31.0 Å². The molecule has 3 heteroatoms. The molecular formula is C17H21NO2. The van der Waals surface area contributed by atoms with Crippen molar-refractivity contribution in [2.75, 3.05) is 6.61 Å². The monoisotopic (exact) mass is 271 g/mol. The van der Waals surface area contributed by atoms with Gasteiger partial charge in [-0.25, -0.2) is 0 Å². The highest BCUT2D eigenvalue weighted by Crippen LogP contribution is 2.35. The van der Waals surface area contributed by atoms with Gasteiger partial charge in [-0.15, -0.1) is 0 Å². The van der Waals surface area contributed by atoms with Crippen LogP contribution in [0.15, 0.2) is 41.0 Å². The largest absolute Gasteiger partial charge is 0.493 e. The molecule has 106 valence electrons. The SMILES string of the molecule is Cc1cccc2c1OCCCC2N[C@@H](C)c1ccco1. The average molecular weight is 271 g/mol. The molecule has 0 amide bonds. The summed E-state index contributed by atoms with van der Waals surface area (Å²) in [6.07, 6.45) is 3.87. The molecule has 0 aliphatic carbocycles. The van der Waals surface area contributed by atoms with Gasteiger partial charge in [-0.2, -0.15) is 0 Å². The van der Waals surface area contributed by atoms with Gasteiger partial charge in [0.1, 0.15) is 11.5 Å². The lowest BCUT2D eigenvalue weighted by molar-refractivity contribution is 0.312. The molecular weight excluding hydrogens is 250 g/mol. The maximum Gasteiger partial charge on any atom is 0.126 e. The third kappa shape index (κ3) is 2.59. The molecule has 3 rings (SSSR count). The average Bonchev–Trinajstić information content (AvgIpc) is 2.90. The van der Waals surface area contributed by atoms with Gasteiger partial charge in [-0.3, -0.25) is 0 Å². The van der Waals surface area contributed by atoms with Crippen molar-refractivity contribution < 1.29 is 9.15 Å². The summed E-state index contributed by atoms with van der Waals surface area (Å²) < 4.78 is 11.4. The predicted molar refractivity (Wildman–Crippen MR) is 78.9 cm³/mol. The normalized spacial score (nSPS) is 19.8. The summed E-state index contributed by atoms with van der Waals surface area (Å²) in [6, 6.07) is 10.8. The van der Waals surface area contributed by atoms with E-state index in [1.54, 1.807) is 6.26 Å². The van der Waals surface area contributed by atoms with Crippen LogP contribution in [0.4, 0.5) is 0 Å². The van der Waals surface area contributed by atoms with E-state index in [0.29, 0.717) is 6.04 Å². The lowest BCUT2D eigenvalue weighted by Gasteiger charge is -2.22. The van der Waals surface area contributed by atoms with E-state index < -0.39 is 0 Å². The lowest BCUT2D eigenvalue weighted by atomic mass is 9.99. The van der Waals surface area contributed by atoms with Crippen molar-refractivity contribution in [1.82, 2.24) is 5.32 Å². The van der Waals surface area contributed by atoms with Crippen LogP contribution in [0.25, 0.3) is 0 Å². The zero-order valence-corrected chi connectivity index (χ0v) is 12.1. The number of furan rings is 1. The summed E-state index contributed by atoms with van der Waals surface area (Å²) >= 11 is 0. The summed E-state index contributed by atoms with van der Waals surface area (Å²) in [5, 5.41) is 3.67. The van der Waals surface area contributed by atoms with Crippen LogP contribution in [0.5, 0.6) is 5.75 Å². The Morgan fingerprint density at radius 1 is 1.25 bits per heavy atom. The Bertz CT molecular complexity index is 562. The van der Waals surface area contributed by atoms with Crippen LogP contribution in [0.3, 0.4) is 0 Å². The zero-order valence-electron chi connectivity index (χ0n) is 12.1. The summed E-state index contributed by atoms with van der Waals surface area (Å²) in [7, 11) is 0. The van der Waals surface area contributed by atoms with Crippen molar-refractivity contribution in [2.45, 2.75) is 38.8 Å². The topological polar surface area (TPSA) is 34.4 Å². The lowest BCUT2D eigenvalue weighted by Crippen LogP contribution is -2.24. The van der Waals surface area contributed by atoms with Crippen LogP contribution in [-0.4, -0.2) is 6.61 Å². The summed E-state index contributed by atoms with van der Waals surface area (Å²) in [5.41, 5.74) is 2.47. The number of para-hydroxylation sites is 1. The Morgan fingerprint density at radius 2 is 2.15 bits per heavy atom. The highest BCUT2D eigenvalue weighted by molar-refractivity contribution is 5.43. The molecule has 0 saturated carbocycles. The third-order valence-electron chi connectivity index (χ3n) is 3.92. The predicted octanol–water partition coefficient (Wildman–Crippen LogP) is 4.15. The number of hydrogen-bond acceptors (Lipinski definition) is 3. The number of rotatable bonds is 3. The number of hydrogen-bond donors (Lipinski definition) is 1. The second kappa shape index (κ2) is 5.71. The van der Waals surface area contributed by atoms with Crippen LogP contribution < -0.4 is 10.1 Å². The summed E-state index contributed by atoms with van der Waals surface area (Å²) in [5.74, 6) is 2.03. The van der Waals surface area contributed by atoms with E-state index in [9.17, 15) is 0 Å². The first-order valence-corrected chi connectivity index (χ1v) is 7.27. The van der Waals surface area contributed by atoms with Crippen LogP contribution in [0, 0.1) is 6.92 Å². The van der Waals surface area contributed by atoms with Gasteiger partial charge in [0, 0.05) is 11.6 Å². The molecule has 2 aromatic rings. The molecule has 0 radical (unpaired) electrons. The minimum atomic E-state index is 0.196. The van der Waals surface area contributed by atoms with E-state index in [2.05, 4.69) is 37.4 Å². The third-order valence-corrected chi connectivity index (χ3v) is 3.92. The van der Waals surface area contributed by atoms with Crippen LogP contribution in [-0.2, 0) is 0 Å². The first-order chi connectivity index (χ1) is 9.75. The van der Waals surface area contributed by atoms with E-state index >= 15 is 0 Å². The maximum absolute atomic E-state index is 5.92. The quantitative estimate of drug-likeness (QED) is 0.910. The molecule has 1 aliphatic heterocycles. The molecule has 0 saturated heterocycles. The van der Waals surface area contributed by atoms with E-state index in [1.807, 2.05) is 12.1 Å². The molecule has 2 heterocycles. The second-order valence-corrected chi connectivity index (χ2v) is 5.44. The number of benzene rings is 1. The molecule has 1 N–H and O–H groups in total. The number of nitrogens with one attached hydrogen (secondary N) is 1. The van der Waals surface area contributed by atoms with E-state index in [4.69, 9.17) is 9.15 Å². The number of aryl methyl sites for hydroxylation is 1. The van der Waals surface area contributed by atoms with E-state index in [1.165, 1.54) is 11.1 Å². The molecule has 1 aromatic carbocycles. The minimum absolute atomic E-state index is 0.196. The molecule has 3 nitrogen and oxygen atoms in total. The summed E-state index contributed by atoms with van der Waals surface area (Å²) in [4.78, 5) is 0. The fourth-order valence-corrected chi connectivity index (χ4v) is 2.86. The van der Waals surface area contributed by atoms with Crippen molar-refractivity contribution in [3.63, 3.8) is 0 Å². The van der Waals surface area contributed by atoms with Crippen molar-refractivity contribution in [3.05, 3.63) is 53.5 Å². The van der Waals surface area contributed by atoms with Gasteiger partial charge in [0.25, 0.3) is 0 Å². The Kier molecular flexibility index (Phi) is 3.79.